The predicted molar refractivity (Wildman–Crippen MR) is 104 cm³/mol. The lowest BCUT2D eigenvalue weighted by Crippen LogP contribution is -2.43. The van der Waals surface area contributed by atoms with Gasteiger partial charge >= 0.3 is 0 Å². The molecule has 0 saturated heterocycles. The standard InChI is InChI=1S/C18H22N6OS/c1-6-11-9(4)26-18(12(11)7-19)24-16-14-15(20-10(5)21-16)22-13(8(2)3)17(25)23-14/h8,13H,6H2,1-5H3,(H,23,25)(H2,20,21,22,24). The van der Waals surface area contributed by atoms with Gasteiger partial charge in [0.15, 0.2) is 11.6 Å². The van der Waals surface area contributed by atoms with Crippen LogP contribution in [0.4, 0.5) is 22.3 Å². The molecule has 0 bridgehead atoms. The smallest absolute Gasteiger partial charge is 0.247 e. The third-order valence-corrected chi connectivity index (χ3v) is 5.48. The Labute approximate surface area is 156 Å². The Kier molecular flexibility index (Phi) is 4.83. The summed E-state index contributed by atoms with van der Waals surface area (Å²) in [6.07, 6.45) is 0.794. The zero-order chi connectivity index (χ0) is 19.0. The number of hydrogen-bond acceptors (Lipinski definition) is 7. The van der Waals surface area contributed by atoms with Crippen molar-refractivity contribution in [3.8, 4) is 6.07 Å². The second-order valence-electron chi connectivity index (χ2n) is 6.63. The van der Waals surface area contributed by atoms with Crippen molar-refractivity contribution in [2.45, 2.75) is 47.1 Å². The van der Waals surface area contributed by atoms with Gasteiger partial charge in [-0.1, -0.05) is 20.8 Å². The summed E-state index contributed by atoms with van der Waals surface area (Å²) < 4.78 is 0. The van der Waals surface area contributed by atoms with E-state index in [9.17, 15) is 10.1 Å². The molecule has 0 aromatic carbocycles. The third kappa shape index (κ3) is 3.10. The molecule has 0 spiro atoms. The SMILES string of the molecule is CCc1c(C)sc(Nc2nc(C)nc3c2NC(=O)C(C(C)C)N3)c1C#N. The number of hydrogen-bond donors (Lipinski definition) is 3. The molecule has 8 heteroatoms. The Bertz CT molecular complexity index is 911. The van der Waals surface area contributed by atoms with Crippen LogP contribution in [0.25, 0.3) is 0 Å². The molecule has 136 valence electrons. The average Bonchev–Trinajstić information content (AvgIpc) is 2.88. The lowest BCUT2D eigenvalue weighted by Gasteiger charge is -2.29. The molecule has 1 aliphatic rings. The Balaban J connectivity index is 2.04. The summed E-state index contributed by atoms with van der Waals surface area (Å²) in [6.45, 7) is 9.81. The van der Waals surface area contributed by atoms with Crippen LogP contribution in [-0.2, 0) is 11.2 Å². The van der Waals surface area contributed by atoms with Gasteiger partial charge in [-0.3, -0.25) is 4.79 Å². The summed E-state index contributed by atoms with van der Waals surface area (Å²) in [4.78, 5) is 22.4. The number of carbonyl (C=O) groups excluding carboxylic acids is 1. The maximum atomic E-state index is 12.4. The number of fused-ring (bicyclic) bond motifs is 1. The van der Waals surface area contributed by atoms with Gasteiger partial charge in [0.1, 0.15) is 28.6 Å². The Hall–Kier alpha value is -2.66. The van der Waals surface area contributed by atoms with Gasteiger partial charge in [-0.15, -0.1) is 11.3 Å². The Morgan fingerprint density at radius 1 is 1.35 bits per heavy atom. The van der Waals surface area contributed by atoms with Gasteiger partial charge in [0.2, 0.25) is 5.91 Å². The first-order chi connectivity index (χ1) is 12.3. The molecule has 26 heavy (non-hydrogen) atoms. The highest BCUT2D eigenvalue weighted by atomic mass is 32.1. The number of aromatic nitrogens is 2. The number of rotatable bonds is 4. The predicted octanol–water partition coefficient (Wildman–Crippen LogP) is 3.72. The van der Waals surface area contributed by atoms with Gasteiger partial charge in [-0.25, -0.2) is 9.97 Å². The fourth-order valence-corrected chi connectivity index (χ4v) is 4.18. The first-order valence-electron chi connectivity index (χ1n) is 8.61. The van der Waals surface area contributed by atoms with Crippen molar-refractivity contribution in [1.29, 1.82) is 5.26 Å². The van der Waals surface area contributed by atoms with Crippen LogP contribution in [0.3, 0.4) is 0 Å². The van der Waals surface area contributed by atoms with E-state index in [1.165, 1.54) is 11.3 Å². The second kappa shape index (κ2) is 6.92. The van der Waals surface area contributed by atoms with Gasteiger partial charge in [-0.2, -0.15) is 5.26 Å². The monoisotopic (exact) mass is 370 g/mol. The molecule has 0 radical (unpaired) electrons. The number of anilines is 4. The number of nitrogens with zero attached hydrogens (tertiary/aromatic N) is 3. The molecule has 1 atom stereocenters. The summed E-state index contributed by atoms with van der Waals surface area (Å²) in [6, 6.07) is 1.95. The zero-order valence-corrected chi connectivity index (χ0v) is 16.3. The number of thiophene rings is 1. The molecule has 7 nitrogen and oxygen atoms in total. The molecule has 3 heterocycles. The fourth-order valence-electron chi connectivity index (χ4n) is 3.09. The molecule has 2 aromatic rings. The molecular formula is C18H22N6OS. The summed E-state index contributed by atoms with van der Waals surface area (Å²) in [5, 5.41) is 19.7. The minimum Gasteiger partial charge on any atom is -0.356 e. The summed E-state index contributed by atoms with van der Waals surface area (Å²) >= 11 is 1.52. The minimum atomic E-state index is -0.338. The zero-order valence-electron chi connectivity index (χ0n) is 15.5. The van der Waals surface area contributed by atoms with Gasteiger partial charge in [0.25, 0.3) is 0 Å². The number of nitrogens with one attached hydrogen (secondary N) is 3. The van der Waals surface area contributed by atoms with Crippen LogP contribution >= 0.6 is 11.3 Å². The number of amides is 1. The van der Waals surface area contributed by atoms with Crippen molar-refractivity contribution in [2.75, 3.05) is 16.0 Å². The molecule has 3 N–H and O–H groups in total. The van der Waals surface area contributed by atoms with Gasteiger partial charge in [0.05, 0.1) is 5.56 Å². The van der Waals surface area contributed by atoms with Crippen molar-refractivity contribution in [3.63, 3.8) is 0 Å². The van der Waals surface area contributed by atoms with Gasteiger partial charge < -0.3 is 16.0 Å². The average molecular weight is 370 g/mol. The number of nitriles is 1. The highest BCUT2D eigenvalue weighted by Crippen LogP contribution is 2.39. The lowest BCUT2D eigenvalue weighted by molar-refractivity contribution is -0.117. The molecule has 0 saturated carbocycles. The first kappa shape index (κ1) is 18.1. The molecule has 1 amide bonds. The quantitative estimate of drug-likeness (QED) is 0.758. The van der Waals surface area contributed by atoms with E-state index in [1.54, 1.807) is 6.92 Å². The van der Waals surface area contributed by atoms with E-state index in [0.717, 1.165) is 21.9 Å². The fraction of sp³-hybridized carbons (Fsp3) is 0.444. The molecule has 3 rings (SSSR count). The lowest BCUT2D eigenvalue weighted by atomic mass is 10.0. The van der Waals surface area contributed by atoms with Crippen LogP contribution in [-0.4, -0.2) is 21.9 Å². The highest BCUT2D eigenvalue weighted by molar-refractivity contribution is 7.16. The van der Waals surface area contributed by atoms with E-state index >= 15 is 0 Å². The van der Waals surface area contributed by atoms with Crippen molar-refractivity contribution >= 4 is 39.6 Å². The van der Waals surface area contributed by atoms with E-state index in [2.05, 4.69) is 32.0 Å². The van der Waals surface area contributed by atoms with Crippen molar-refractivity contribution in [2.24, 2.45) is 5.92 Å². The summed E-state index contributed by atoms with van der Waals surface area (Å²) in [7, 11) is 0. The van der Waals surface area contributed by atoms with E-state index < -0.39 is 0 Å². The van der Waals surface area contributed by atoms with Crippen LogP contribution < -0.4 is 16.0 Å². The Morgan fingerprint density at radius 2 is 2.08 bits per heavy atom. The van der Waals surface area contributed by atoms with Crippen molar-refractivity contribution < 1.29 is 4.79 Å². The van der Waals surface area contributed by atoms with E-state index in [4.69, 9.17) is 0 Å². The maximum absolute atomic E-state index is 12.4. The Morgan fingerprint density at radius 3 is 2.69 bits per heavy atom. The highest BCUT2D eigenvalue weighted by Gasteiger charge is 2.31. The molecule has 0 aliphatic carbocycles. The van der Waals surface area contributed by atoms with Crippen molar-refractivity contribution in [3.05, 3.63) is 21.8 Å². The number of aryl methyl sites for hydroxylation is 2. The van der Waals surface area contributed by atoms with Crippen LogP contribution in [0.2, 0.25) is 0 Å². The summed E-state index contributed by atoms with van der Waals surface area (Å²) in [5.74, 6) is 1.70. The molecular weight excluding hydrogens is 348 g/mol. The van der Waals surface area contributed by atoms with Crippen LogP contribution in [0, 0.1) is 31.1 Å². The van der Waals surface area contributed by atoms with Crippen molar-refractivity contribution in [1.82, 2.24) is 9.97 Å². The molecule has 1 aliphatic heterocycles. The minimum absolute atomic E-state index is 0.111. The topological polar surface area (TPSA) is 103 Å². The maximum Gasteiger partial charge on any atom is 0.247 e. The second-order valence-corrected chi connectivity index (χ2v) is 7.85. The summed E-state index contributed by atoms with van der Waals surface area (Å²) in [5.41, 5.74) is 2.20. The largest absolute Gasteiger partial charge is 0.356 e. The van der Waals surface area contributed by atoms with E-state index in [0.29, 0.717) is 28.7 Å². The third-order valence-electron chi connectivity index (χ3n) is 4.42. The molecule has 0 fully saturated rings. The number of carbonyl (C=O) groups is 1. The molecule has 2 aromatic heterocycles. The van der Waals surface area contributed by atoms with Crippen LogP contribution in [0.1, 0.15) is 42.6 Å². The molecule has 1 unspecified atom stereocenters. The van der Waals surface area contributed by atoms with Gasteiger partial charge in [0, 0.05) is 4.88 Å². The first-order valence-corrected chi connectivity index (χ1v) is 9.42. The van der Waals surface area contributed by atoms with E-state index in [1.807, 2.05) is 27.7 Å². The van der Waals surface area contributed by atoms with E-state index in [-0.39, 0.29) is 17.9 Å². The van der Waals surface area contributed by atoms with Crippen LogP contribution in [0.15, 0.2) is 0 Å². The van der Waals surface area contributed by atoms with Crippen LogP contribution in [0.5, 0.6) is 0 Å². The normalized spacial score (nSPS) is 15.9. The van der Waals surface area contributed by atoms with Gasteiger partial charge in [-0.05, 0) is 31.7 Å².